The summed E-state index contributed by atoms with van der Waals surface area (Å²) in [6.07, 6.45) is 4.38. The molecule has 0 bridgehead atoms. The van der Waals surface area contributed by atoms with E-state index in [4.69, 9.17) is 10.5 Å². The number of para-hydroxylation sites is 1. The quantitative estimate of drug-likeness (QED) is 0.896. The van der Waals surface area contributed by atoms with Gasteiger partial charge in [0, 0.05) is 12.2 Å². The van der Waals surface area contributed by atoms with Crippen LogP contribution < -0.4 is 10.5 Å². The van der Waals surface area contributed by atoms with Crippen LogP contribution in [0.3, 0.4) is 0 Å². The fourth-order valence-electron chi connectivity index (χ4n) is 2.18. The monoisotopic (exact) mass is 270 g/mol. The summed E-state index contributed by atoms with van der Waals surface area (Å²) < 4.78 is 5.99. The highest BCUT2D eigenvalue weighted by atomic mass is 16.5. The average molecular weight is 270 g/mol. The Hall–Kier alpha value is -1.87. The van der Waals surface area contributed by atoms with Gasteiger partial charge < -0.3 is 10.5 Å². The Morgan fingerprint density at radius 3 is 2.60 bits per heavy atom. The topological polar surface area (TPSA) is 48.1 Å². The summed E-state index contributed by atoms with van der Waals surface area (Å²) >= 11 is 0. The van der Waals surface area contributed by atoms with Crippen molar-refractivity contribution in [1.29, 1.82) is 0 Å². The molecule has 1 unspecified atom stereocenters. The van der Waals surface area contributed by atoms with Gasteiger partial charge in [0.05, 0.1) is 6.20 Å². The molecule has 1 aromatic heterocycles. The van der Waals surface area contributed by atoms with E-state index in [0.29, 0.717) is 5.92 Å². The zero-order valence-corrected chi connectivity index (χ0v) is 12.3. The van der Waals surface area contributed by atoms with Crippen molar-refractivity contribution >= 4 is 0 Å². The Morgan fingerprint density at radius 1 is 1.15 bits per heavy atom. The van der Waals surface area contributed by atoms with Crippen LogP contribution >= 0.6 is 0 Å². The van der Waals surface area contributed by atoms with Crippen molar-refractivity contribution in [3.05, 3.63) is 53.9 Å². The van der Waals surface area contributed by atoms with E-state index < -0.39 is 0 Å². The Bertz CT molecular complexity index is 564. The van der Waals surface area contributed by atoms with Crippen LogP contribution in [-0.2, 0) is 6.42 Å². The molecule has 3 nitrogen and oxygen atoms in total. The van der Waals surface area contributed by atoms with E-state index >= 15 is 0 Å². The van der Waals surface area contributed by atoms with Crippen LogP contribution in [0.4, 0.5) is 0 Å². The first-order valence-corrected chi connectivity index (χ1v) is 7.02. The summed E-state index contributed by atoms with van der Waals surface area (Å²) in [6, 6.07) is 10.2. The molecule has 106 valence electrons. The molecular weight excluding hydrogens is 248 g/mol. The molecule has 0 amide bonds. The lowest BCUT2D eigenvalue weighted by Crippen LogP contribution is -2.17. The van der Waals surface area contributed by atoms with E-state index in [-0.39, 0.29) is 6.04 Å². The number of hydrogen-bond donors (Lipinski definition) is 1. The Morgan fingerprint density at radius 2 is 1.90 bits per heavy atom. The number of nitrogens with two attached hydrogens (primary N) is 1. The third-order valence-electron chi connectivity index (χ3n) is 3.10. The van der Waals surface area contributed by atoms with Crippen molar-refractivity contribution in [3.8, 4) is 11.5 Å². The van der Waals surface area contributed by atoms with Crippen LogP contribution in [0.1, 0.15) is 37.8 Å². The number of benzene rings is 1. The lowest BCUT2D eigenvalue weighted by molar-refractivity contribution is 0.470. The third kappa shape index (κ3) is 3.81. The van der Waals surface area contributed by atoms with E-state index in [0.717, 1.165) is 23.5 Å². The fraction of sp³-hybridized carbons (Fsp3) is 0.353. The van der Waals surface area contributed by atoms with E-state index in [2.05, 4.69) is 24.9 Å². The van der Waals surface area contributed by atoms with Crippen molar-refractivity contribution in [2.75, 3.05) is 0 Å². The molecule has 0 spiro atoms. The molecule has 0 radical (unpaired) electrons. The van der Waals surface area contributed by atoms with Crippen LogP contribution in [0.25, 0.3) is 0 Å². The van der Waals surface area contributed by atoms with Crippen molar-refractivity contribution in [1.82, 2.24) is 4.98 Å². The highest BCUT2D eigenvalue weighted by molar-refractivity contribution is 5.39. The summed E-state index contributed by atoms with van der Waals surface area (Å²) in [5.74, 6) is 2.07. The number of hydrogen-bond acceptors (Lipinski definition) is 3. The number of ether oxygens (including phenoxy) is 1. The van der Waals surface area contributed by atoms with Gasteiger partial charge in [-0.05, 0) is 42.5 Å². The number of pyridine rings is 1. The standard InChI is InChI=1S/C17H22N2O/c1-12(2)16-6-4-5-7-17(16)20-15-9-14(8-13(3)18)10-19-11-15/h4-7,9-13H,8,18H2,1-3H3. The highest BCUT2D eigenvalue weighted by Crippen LogP contribution is 2.30. The summed E-state index contributed by atoms with van der Waals surface area (Å²) in [5, 5.41) is 0. The van der Waals surface area contributed by atoms with Gasteiger partial charge in [0.2, 0.25) is 0 Å². The average Bonchev–Trinajstić information content (AvgIpc) is 2.38. The lowest BCUT2D eigenvalue weighted by Gasteiger charge is -2.14. The molecule has 0 aliphatic rings. The van der Waals surface area contributed by atoms with Crippen LogP contribution in [0.5, 0.6) is 11.5 Å². The summed E-state index contributed by atoms with van der Waals surface area (Å²) in [6.45, 7) is 6.31. The first kappa shape index (κ1) is 14.5. The number of rotatable bonds is 5. The molecule has 0 fully saturated rings. The molecule has 0 aliphatic carbocycles. The zero-order valence-electron chi connectivity index (χ0n) is 12.3. The second kappa shape index (κ2) is 6.53. The number of nitrogens with zero attached hydrogens (tertiary/aromatic N) is 1. The van der Waals surface area contributed by atoms with Gasteiger partial charge in [-0.15, -0.1) is 0 Å². The molecule has 1 aromatic carbocycles. The van der Waals surface area contributed by atoms with Crippen molar-refractivity contribution in [3.63, 3.8) is 0 Å². The van der Waals surface area contributed by atoms with Crippen LogP contribution in [-0.4, -0.2) is 11.0 Å². The fourth-order valence-corrected chi connectivity index (χ4v) is 2.18. The maximum atomic E-state index is 5.99. The SMILES string of the molecule is CC(N)Cc1cncc(Oc2ccccc2C(C)C)c1. The first-order valence-electron chi connectivity index (χ1n) is 7.02. The molecule has 3 heteroatoms. The maximum absolute atomic E-state index is 5.99. The molecule has 2 aromatic rings. The van der Waals surface area contributed by atoms with E-state index in [1.165, 1.54) is 5.56 Å². The second-order valence-electron chi connectivity index (χ2n) is 5.50. The van der Waals surface area contributed by atoms with Gasteiger partial charge in [-0.25, -0.2) is 0 Å². The Labute approximate surface area is 120 Å². The van der Waals surface area contributed by atoms with Gasteiger partial charge in [-0.3, -0.25) is 4.98 Å². The molecule has 2 N–H and O–H groups in total. The van der Waals surface area contributed by atoms with E-state index in [1.54, 1.807) is 6.20 Å². The van der Waals surface area contributed by atoms with Gasteiger partial charge in [-0.1, -0.05) is 32.0 Å². The maximum Gasteiger partial charge on any atom is 0.145 e. The highest BCUT2D eigenvalue weighted by Gasteiger charge is 2.08. The minimum Gasteiger partial charge on any atom is -0.455 e. The lowest BCUT2D eigenvalue weighted by atomic mass is 10.0. The molecule has 1 atom stereocenters. The third-order valence-corrected chi connectivity index (χ3v) is 3.10. The summed E-state index contributed by atoms with van der Waals surface area (Å²) in [7, 11) is 0. The van der Waals surface area contributed by atoms with Gasteiger partial charge >= 0.3 is 0 Å². The summed E-state index contributed by atoms with van der Waals surface area (Å²) in [5.41, 5.74) is 8.12. The van der Waals surface area contributed by atoms with E-state index in [9.17, 15) is 0 Å². The van der Waals surface area contributed by atoms with Crippen LogP contribution in [0.2, 0.25) is 0 Å². The predicted molar refractivity (Wildman–Crippen MR) is 82.2 cm³/mol. The van der Waals surface area contributed by atoms with Gasteiger partial charge in [-0.2, -0.15) is 0 Å². The first-order chi connectivity index (χ1) is 9.56. The minimum atomic E-state index is 0.120. The molecule has 0 aliphatic heterocycles. The molecule has 0 saturated carbocycles. The molecule has 0 saturated heterocycles. The Kier molecular flexibility index (Phi) is 4.74. The predicted octanol–water partition coefficient (Wildman–Crippen LogP) is 3.89. The van der Waals surface area contributed by atoms with Crippen molar-refractivity contribution in [2.45, 2.75) is 39.2 Å². The zero-order chi connectivity index (χ0) is 14.5. The van der Waals surface area contributed by atoms with Crippen LogP contribution in [0.15, 0.2) is 42.7 Å². The molecule has 1 heterocycles. The largest absolute Gasteiger partial charge is 0.455 e. The van der Waals surface area contributed by atoms with Crippen LogP contribution in [0, 0.1) is 0 Å². The Balaban J connectivity index is 2.22. The molecular formula is C17H22N2O. The molecule has 2 rings (SSSR count). The normalized spacial score (nSPS) is 12.4. The number of aromatic nitrogens is 1. The van der Waals surface area contributed by atoms with Gasteiger partial charge in [0.1, 0.15) is 11.5 Å². The van der Waals surface area contributed by atoms with Gasteiger partial charge in [0.25, 0.3) is 0 Å². The summed E-state index contributed by atoms with van der Waals surface area (Å²) in [4.78, 5) is 4.23. The van der Waals surface area contributed by atoms with Crippen molar-refractivity contribution in [2.24, 2.45) is 5.73 Å². The smallest absolute Gasteiger partial charge is 0.145 e. The van der Waals surface area contributed by atoms with E-state index in [1.807, 2.05) is 37.4 Å². The second-order valence-corrected chi connectivity index (χ2v) is 5.50. The van der Waals surface area contributed by atoms with Gasteiger partial charge in [0.15, 0.2) is 0 Å². The molecule has 20 heavy (non-hydrogen) atoms. The van der Waals surface area contributed by atoms with Crippen molar-refractivity contribution < 1.29 is 4.74 Å². The minimum absolute atomic E-state index is 0.120.